The molecule has 0 fully saturated rings. The SMILES string of the molecule is COC[C@@](CC(C)C)(ON)C(=O)OC. The molecule has 0 saturated heterocycles. The highest BCUT2D eigenvalue weighted by Crippen LogP contribution is 2.21. The van der Waals surface area contributed by atoms with Gasteiger partial charge in [-0.25, -0.2) is 10.7 Å². The molecular weight excluding hydrogens is 186 g/mol. The van der Waals surface area contributed by atoms with Gasteiger partial charge in [-0.05, 0) is 12.3 Å². The number of esters is 1. The van der Waals surface area contributed by atoms with E-state index in [2.05, 4.69) is 4.74 Å². The van der Waals surface area contributed by atoms with Gasteiger partial charge in [-0.15, -0.1) is 0 Å². The number of hydrogen-bond donors (Lipinski definition) is 1. The number of carbonyl (C=O) groups excluding carboxylic acids is 1. The first kappa shape index (κ1) is 13.4. The fourth-order valence-electron chi connectivity index (χ4n) is 1.41. The Kier molecular flexibility index (Phi) is 5.68. The number of rotatable bonds is 6. The molecule has 0 aliphatic carbocycles. The van der Waals surface area contributed by atoms with Gasteiger partial charge in [0.25, 0.3) is 0 Å². The van der Waals surface area contributed by atoms with Gasteiger partial charge in [-0.2, -0.15) is 0 Å². The summed E-state index contributed by atoms with van der Waals surface area (Å²) in [5.41, 5.74) is -1.18. The molecule has 2 N–H and O–H groups in total. The number of ether oxygens (including phenoxy) is 2. The van der Waals surface area contributed by atoms with Crippen LogP contribution in [0, 0.1) is 5.92 Å². The summed E-state index contributed by atoms with van der Waals surface area (Å²) < 4.78 is 9.55. The van der Waals surface area contributed by atoms with Crippen molar-refractivity contribution in [1.29, 1.82) is 0 Å². The van der Waals surface area contributed by atoms with Crippen LogP contribution in [-0.2, 0) is 19.1 Å². The molecule has 0 amide bonds. The minimum atomic E-state index is -1.18. The van der Waals surface area contributed by atoms with Crippen LogP contribution >= 0.6 is 0 Å². The quantitative estimate of drug-likeness (QED) is 0.504. The fraction of sp³-hybridized carbons (Fsp3) is 0.889. The van der Waals surface area contributed by atoms with Crippen molar-refractivity contribution >= 4 is 5.97 Å². The maximum absolute atomic E-state index is 11.5. The molecule has 0 aliphatic heterocycles. The fourth-order valence-corrected chi connectivity index (χ4v) is 1.41. The zero-order valence-electron chi connectivity index (χ0n) is 9.20. The highest BCUT2D eigenvalue weighted by atomic mass is 16.7. The van der Waals surface area contributed by atoms with Gasteiger partial charge in [0.1, 0.15) is 0 Å². The molecule has 5 nitrogen and oxygen atoms in total. The van der Waals surface area contributed by atoms with Crippen molar-refractivity contribution in [2.45, 2.75) is 25.9 Å². The Balaban J connectivity index is 4.67. The average Bonchev–Trinajstić information content (AvgIpc) is 2.15. The first-order valence-corrected chi connectivity index (χ1v) is 4.47. The van der Waals surface area contributed by atoms with Gasteiger partial charge in [0.15, 0.2) is 0 Å². The van der Waals surface area contributed by atoms with Crippen LogP contribution in [0.5, 0.6) is 0 Å². The summed E-state index contributed by atoms with van der Waals surface area (Å²) in [7, 11) is 2.78. The predicted octanol–water partition coefficient (Wildman–Crippen LogP) is 0.481. The van der Waals surface area contributed by atoms with E-state index in [0.717, 1.165) is 0 Å². The molecule has 84 valence electrons. The van der Waals surface area contributed by atoms with Crippen LogP contribution in [0.1, 0.15) is 20.3 Å². The maximum Gasteiger partial charge on any atom is 0.342 e. The van der Waals surface area contributed by atoms with Crippen molar-refractivity contribution in [2.75, 3.05) is 20.8 Å². The topological polar surface area (TPSA) is 70.8 Å². The third-order valence-electron chi connectivity index (χ3n) is 1.90. The highest BCUT2D eigenvalue weighted by Gasteiger charge is 2.41. The standard InChI is InChI=1S/C9H19NO4/c1-7(2)5-9(14-10,6-12-3)8(11)13-4/h7H,5-6,10H2,1-4H3/t9-/m1/s1. The lowest BCUT2D eigenvalue weighted by atomic mass is 9.93. The zero-order valence-corrected chi connectivity index (χ0v) is 9.20. The van der Waals surface area contributed by atoms with Crippen molar-refractivity contribution in [3.8, 4) is 0 Å². The van der Waals surface area contributed by atoms with Crippen LogP contribution in [0.3, 0.4) is 0 Å². The zero-order chi connectivity index (χ0) is 11.2. The molecule has 1 atom stereocenters. The van der Waals surface area contributed by atoms with E-state index in [0.29, 0.717) is 6.42 Å². The lowest BCUT2D eigenvalue weighted by Gasteiger charge is -2.29. The Labute approximate surface area is 84.5 Å². The second-order valence-corrected chi connectivity index (χ2v) is 3.63. The lowest BCUT2D eigenvalue weighted by molar-refractivity contribution is -0.181. The van der Waals surface area contributed by atoms with Gasteiger partial charge in [-0.1, -0.05) is 13.8 Å². The van der Waals surface area contributed by atoms with E-state index in [1.54, 1.807) is 0 Å². The van der Waals surface area contributed by atoms with Crippen molar-refractivity contribution in [2.24, 2.45) is 11.8 Å². The van der Waals surface area contributed by atoms with Crippen molar-refractivity contribution in [3.63, 3.8) is 0 Å². The highest BCUT2D eigenvalue weighted by molar-refractivity contribution is 5.79. The third-order valence-corrected chi connectivity index (χ3v) is 1.90. The second-order valence-electron chi connectivity index (χ2n) is 3.63. The molecule has 0 saturated carbocycles. The smallest absolute Gasteiger partial charge is 0.342 e. The minimum Gasteiger partial charge on any atom is -0.467 e. The second kappa shape index (κ2) is 5.95. The van der Waals surface area contributed by atoms with E-state index in [-0.39, 0.29) is 12.5 Å². The number of carbonyl (C=O) groups is 1. The molecule has 0 radical (unpaired) electrons. The molecule has 0 rings (SSSR count). The summed E-state index contributed by atoms with van der Waals surface area (Å²) in [5, 5.41) is 0. The van der Waals surface area contributed by atoms with Gasteiger partial charge >= 0.3 is 5.97 Å². The van der Waals surface area contributed by atoms with E-state index in [9.17, 15) is 4.79 Å². The Bertz CT molecular complexity index is 184. The molecule has 0 aromatic carbocycles. The largest absolute Gasteiger partial charge is 0.467 e. The third kappa shape index (κ3) is 3.25. The summed E-state index contributed by atoms with van der Waals surface area (Å²) in [6, 6.07) is 0. The molecule has 0 bridgehead atoms. The first-order chi connectivity index (χ1) is 6.52. The van der Waals surface area contributed by atoms with Gasteiger partial charge in [0.2, 0.25) is 5.60 Å². The Morgan fingerprint density at radius 1 is 1.43 bits per heavy atom. The minimum absolute atomic E-state index is 0.0916. The number of hydrogen-bond acceptors (Lipinski definition) is 5. The molecule has 0 aromatic heterocycles. The number of methoxy groups -OCH3 is 2. The van der Waals surface area contributed by atoms with Crippen LogP contribution in [-0.4, -0.2) is 32.4 Å². The molecule has 0 spiro atoms. The van der Waals surface area contributed by atoms with Crippen LogP contribution in [0.2, 0.25) is 0 Å². The average molecular weight is 205 g/mol. The van der Waals surface area contributed by atoms with Gasteiger partial charge < -0.3 is 9.47 Å². The van der Waals surface area contributed by atoms with Crippen LogP contribution < -0.4 is 5.90 Å². The van der Waals surface area contributed by atoms with Crippen LogP contribution in [0.25, 0.3) is 0 Å². The van der Waals surface area contributed by atoms with Crippen molar-refractivity contribution in [3.05, 3.63) is 0 Å². The summed E-state index contributed by atoms with van der Waals surface area (Å²) in [6.07, 6.45) is 0.462. The number of nitrogens with two attached hydrogens (primary N) is 1. The Hall–Kier alpha value is -0.650. The normalized spacial score (nSPS) is 15.3. The summed E-state index contributed by atoms with van der Waals surface area (Å²) in [4.78, 5) is 16.2. The lowest BCUT2D eigenvalue weighted by Crippen LogP contribution is -2.49. The molecule has 0 heterocycles. The van der Waals surface area contributed by atoms with Crippen molar-refractivity contribution in [1.82, 2.24) is 0 Å². The van der Waals surface area contributed by atoms with E-state index in [1.807, 2.05) is 13.8 Å². The van der Waals surface area contributed by atoms with E-state index in [1.165, 1.54) is 14.2 Å². The molecule has 0 aromatic rings. The van der Waals surface area contributed by atoms with Gasteiger partial charge in [0.05, 0.1) is 13.7 Å². The maximum atomic E-state index is 11.5. The summed E-state index contributed by atoms with van der Waals surface area (Å²) in [6.45, 7) is 4.02. The first-order valence-electron chi connectivity index (χ1n) is 4.47. The van der Waals surface area contributed by atoms with E-state index < -0.39 is 11.6 Å². The molecule has 5 heteroatoms. The summed E-state index contributed by atoms with van der Waals surface area (Å²) in [5.74, 6) is 4.89. The predicted molar refractivity (Wildman–Crippen MR) is 51.4 cm³/mol. The van der Waals surface area contributed by atoms with Gasteiger partial charge in [0, 0.05) is 7.11 Å². The molecular formula is C9H19NO4. The molecule has 0 aliphatic rings. The van der Waals surface area contributed by atoms with Crippen molar-refractivity contribution < 1.29 is 19.1 Å². The van der Waals surface area contributed by atoms with E-state index >= 15 is 0 Å². The Morgan fingerprint density at radius 2 is 2.00 bits per heavy atom. The van der Waals surface area contributed by atoms with Crippen LogP contribution in [0.4, 0.5) is 0 Å². The Morgan fingerprint density at radius 3 is 2.29 bits per heavy atom. The van der Waals surface area contributed by atoms with Crippen LogP contribution in [0.15, 0.2) is 0 Å². The molecule has 0 unspecified atom stereocenters. The van der Waals surface area contributed by atoms with Gasteiger partial charge in [-0.3, -0.25) is 4.84 Å². The summed E-state index contributed by atoms with van der Waals surface area (Å²) >= 11 is 0. The molecule has 14 heavy (non-hydrogen) atoms. The monoisotopic (exact) mass is 205 g/mol. The van der Waals surface area contributed by atoms with E-state index in [4.69, 9.17) is 15.5 Å².